The summed E-state index contributed by atoms with van der Waals surface area (Å²) in [5.41, 5.74) is 2.61. The van der Waals surface area contributed by atoms with Crippen LogP contribution in [0.2, 0.25) is 0 Å². The van der Waals surface area contributed by atoms with Gasteiger partial charge in [0.1, 0.15) is 5.75 Å². The van der Waals surface area contributed by atoms with E-state index >= 15 is 0 Å². The first kappa shape index (κ1) is 17.4. The topological polar surface area (TPSA) is 38.3 Å². The molecule has 23 heavy (non-hydrogen) atoms. The Bertz CT molecular complexity index is 668. The van der Waals surface area contributed by atoms with Crippen LogP contribution in [0.3, 0.4) is 0 Å². The molecule has 1 atom stereocenters. The Kier molecular flexibility index (Phi) is 6.11. The zero-order valence-electron chi connectivity index (χ0n) is 14.1. The molecule has 0 fully saturated rings. The van der Waals surface area contributed by atoms with Gasteiger partial charge in [-0.15, -0.1) is 11.8 Å². The number of carbonyl (C=O) groups is 1. The average Bonchev–Trinajstić information content (AvgIpc) is 2.60. The lowest BCUT2D eigenvalue weighted by Crippen LogP contribution is -2.13. The van der Waals surface area contributed by atoms with E-state index in [4.69, 9.17) is 4.74 Å². The first-order valence-electron chi connectivity index (χ1n) is 7.72. The zero-order valence-corrected chi connectivity index (χ0v) is 14.9. The van der Waals surface area contributed by atoms with Gasteiger partial charge in [-0.1, -0.05) is 26.0 Å². The Labute approximate surface area is 142 Å². The summed E-state index contributed by atoms with van der Waals surface area (Å²) in [6, 6.07) is 13.6. The molecule has 0 bridgehead atoms. The van der Waals surface area contributed by atoms with Gasteiger partial charge in [0.2, 0.25) is 0 Å². The van der Waals surface area contributed by atoms with Crippen LogP contribution < -0.4 is 10.1 Å². The molecule has 1 amide bonds. The van der Waals surface area contributed by atoms with Crippen molar-refractivity contribution >= 4 is 23.4 Å². The van der Waals surface area contributed by atoms with Gasteiger partial charge in [0.15, 0.2) is 0 Å². The molecule has 3 nitrogen and oxygen atoms in total. The monoisotopic (exact) mass is 329 g/mol. The molecule has 2 rings (SSSR count). The lowest BCUT2D eigenvalue weighted by atomic mass is 9.98. The SMILES string of the molecule is CC[C@@H](C)c1ccc(NC(=O)c2ccc(SC)cc2OC)cc1. The van der Waals surface area contributed by atoms with Gasteiger partial charge in [0, 0.05) is 10.6 Å². The number of anilines is 1. The molecule has 0 radical (unpaired) electrons. The number of nitrogens with one attached hydrogen (secondary N) is 1. The maximum Gasteiger partial charge on any atom is 0.259 e. The number of amides is 1. The number of thioether (sulfide) groups is 1. The molecule has 2 aromatic rings. The van der Waals surface area contributed by atoms with E-state index in [1.54, 1.807) is 24.9 Å². The van der Waals surface area contributed by atoms with E-state index < -0.39 is 0 Å². The Morgan fingerprint density at radius 3 is 2.48 bits per heavy atom. The largest absolute Gasteiger partial charge is 0.496 e. The highest BCUT2D eigenvalue weighted by Gasteiger charge is 2.13. The lowest BCUT2D eigenvalue weighted by molar-refractivity contribution is 0.102. The molecule has 122 valence electrons. The van der Waals surface area contributed by atoms with Crippen molar-refractivity contribution in [2.24, 2.45) is 0 Å². The first-order valence-corrected chi connectivity index (χ1v) is 8.94. The summed E-state index contributed by atoms with van der Waals surface area (Å²) in [4.78, 5) is 13.5. The van der Waals surface area contributed by atoms with Crippen LogP contribution in [0.5, 0.6) is 5.75 Å². The standard InChI is InChI=1S/C19H23NO2S/c1-5-13(2)14-6-8-15(9-7-14)20-19(21)17-11-10-16(23-4)12-18(17)22-3/h6-13H,5H2,1-4H3,(H,20,21)/t13-/m1/s1. The van der Waals surface area contributed by atoms with E-state index in [9.17, 15) is 4.79 Å². The second-order valence-corrected chi connectivity index (χ2v) is 6.33. The summed E-state index contributed by atoms with van der Waals surface area (Å²) < 4.78 is 5.34. The highest BCUT2D eigenvalue weighted by atomic mass is 32.2. The fourth-order valence-electron chi connectivity index (χ4n) is 2.32. The molecular formula is C19H23NO2S. The predicted molar refractivity (Wildman–Crippen MR) is 97.9 cm³/mol. The second kappa shape index (κ2) is 8.06. The van der Waals surface area contributed by atoms with E-state index in [0.29, 0.717) is 17.2 Å². The van der Waals surface area contributed by atoms with Crippen LogP contribution in [0.25, 0.3) is 0 Å². The minimum absolute atomic E-state index is 0.161. The molecule has 0 aliphatic heterocycles. The average molecular weight is 329 g/mol. The van der Waals surface area contributed by atoms with Crippen molar-refractivity contribution in [3.8, 4) is 5.75 Å². The Morgan fingerprint density at radius 1 is 1.22 bits per heavy atom. The highest BCUT2D eigenvalue weighted by molar-refractivity contribution is 7.98. The van der Waals surface area contributed by atoms with Gasteiger partial charge in [-0.05, 0) is 54.5 Å². The van der Waals surface area contributed by atoms with Crippen LogP contribution in [0.1, 0.15) is 42.1 Å². The quantitative estimate of drug-likeness (QED) is 0.742. The fourth-order valence-corrected chi connectivity index (χ4v) is 2.74. The normalized spacial score (nSPS) is 11.8. The summed E-state index contributed by atoms with van der Waals surface area (Å²) in [5.74, 6) is 0.954. The number of hydrogen-bond acceptors (Lipinski definition) is 3. The molecule has 0 aliphatic carbocycles. The van der Waals surface area contributed by atoms with Crippen molar-refractivity contribution in [1.82, 2.24) is 0 Å². The molecule has 0 saturated heterocycles. The number of hydrogen-bond donors (Lipinski definition) is 1. The van der Waals surface area contributed by atoms with Crippen LogP contribution in [0.4, 0.5) is 5.69 Å². The van der Waals surface area contributed by atoms with Gasteiger partial charge in [-0.3, -0.25) is 4.79 Å². The maximum atomic E-state index is 12.5. The van der Waals surface area contributed by atoms with Gasteiger partial charge in [-0.25, -0.2) is 0 Å². The maximum absolute atomic E-state index is 12.5. The minimum atomic E-state index is -0.161. The van der Waals surface area contributed by atoms with Crippen LogP contribution in [-0.2, 0) is 0 Å². The van der Waals surface area contributed by atoms with Crippen molar-refractivity contribution in [1.29, 1.82) is 0 Å². The van der Waals surface area contributed by atoms with Crippen LogP contribution in [0.15, 0.2) is 47.4 Å². The van der Waals surface area contributed by atoms with Crippen LogP contribution in [-0.4, -0.2) is 19.3 Å². The van der Waals surface area contributed by atoms with Crippen molar-refractivity contribution in [2.75, 3.05) is 18.7 Å². The molecular weight excluding hydrogens is 306 g/mol. The van der Waals surface area contributed by atoms with Crippen molar-refractivity contribution in [3.05, 3.63) is 53.6 Å². The number of carbonyl (C=O) groups excluding carboxylic acids is 1. The summed E-state index contributed by atoms with van der Waals surface area (Å²) in [6.07, 6.45) is 3.10. The minimum Gasteiger partial charge on any atom is -0.496 e. The third-order valence-electron chi connectivity index (χ3n) is 4.00. The molecule has 2 aromatic carbocycles. The summed E-state index contributed by atoms with van der Waals surface area (Å²) in [5, 5.41) is 2.93. The summed E-state index contributed by atoms with van der Waals surface area (Å²) in [6.45, 7) is 4.37. The number of ether oxygens (including phenoxy) is 1. The van der Waals surface area contributed by atoms with Gasteiger partial charge in [0.25, 0.3) is 5.91 Å². The molecule has 1 N–H and O–H groups in total. The molecule has 0 spiro atoms. The van der Waals surface area contributed by atoms with E-state index in [2.05, 4.69) is 31.3 Å². The molecule has 4 heteroatoms. The van der Waals surface area contributed by atoms with Crippen molar-refractivity contribution in [2.45, 2.75) is 31.1 Å². The van der Waals surface area contributed by atoms with E-state index in [1.807, 2.05) is 30.5 Å². The Morgan fingerprint density at radius 2 is 1.91 bits per heavy atom. The van der Waals surface area contributed by atoms with Crippen LogP contribution >= 0.6 is 11.8 Å². The van der Waals surface area contributed by atoms with Gasteiger partial charge in [-0.2, -0.15) is 0 Å². The number of rotatable bonds is 6. The van der Waals surface area contributed by atoms with Crippen LogP contribution in [0, 0.1) is 0 Å². The molecule has 0 aromatic heterocycles. The summed E-state index contributed by atoms with van der Waals surface area (Å²) >= 11 is 1.62. The zero-order chi connectivity index (χ0) is 16.8. The molecule has 0 saturated carbocycles. The Hall–Kier alpha value is -1.94. The second-order valence-electron chi connectivity index (χ2n) is 5.45. The lowest BCUT2D eigenvalue weighted by Gasteiger charge is -2.12. The fraction of sp³-hybridized carbons (Fsp3) is 0.316. The smallest absolute Gasteiger partial charge is 0.259 e. The molecule has 0 unspecified atom stereocenters. The molecule has 0 heterocycles. The van der Waals surface area contributed by atoms with E-state index in [1.165, 1.54) is 5.56 Å². The predicted octanol–water partition coefficient (Wildman–Crippen LogP) is 5.18. The third kappa shape index (κ3) is 4.29. The van der Waals surface area contributed by atoms with E-state index in [-0.39, 0.29) is 5.91 Å². The molecule has 0 aliphatic rings. The Balaban J connectivity index is 2.15. The number of methoxy groups -OCH3 is 1. The third-order valence-corrected chi connectivity index (χ3v) is 4.73. The first-order chi connectivity index (χ1) is 11.1. The number of benzene rings is 2. The van der Waals surface area contributed by atoms with Gasteiger partial charge < -0.3 is 10.1 Å². The van der Waals surface area contributed by atoms with Gasteiger partial charge in [0.05, 0.1) is 12.7 Å². The van der Waals surface area contributed by atoms with Crippen molar-refractivity contribution in [3.63, 3.8) is 0 Å². The van der Waals surface area contributed by atoms with E-state index in [0.717, 1.165) is 17.0 Å². The summed E-state index contributed by atoms with van der Waals surface area (Å²) in [7, 11) is 1.58. The van der Waals surface area contributed by atoms with Gasteiger partial charge >= 0.3 is 0 Å². The highest BCUT2D eigenvalue weighted by Crippen LogP contribution is 2.26. The van der Waals surface area contributed by atoms with Crippen molar-refractivity contribution < 1.29 is 9.53 Å².